The van der Waals surface area contributed by atoms with E-state index in [-0.39, 0.29) is 11.9 Å². The molecule has 0 aromatic carbocycles. The van der Waals surface area contributed by atoms with Crippen LogP contribution in [0.25, 0.3) is 0 Å². The van der Waals surface area contributed by atoms with Gasteiger partial charge in [0.2, 0.25) is 0 Å². The number of carbonyl (C=O) groups excluding carboxylic acids is 1. The number of allylic oxidation sites excluding steroid dienone is 1. The van der Waals surface area contributed by atoms with Gasteiger partial charge in [-0.2, -0.15) is 0 Å². The predicted octanol–water partition coefficient (Wildman–Crippen LogP) is 4.74. The summed E-state index contributed by atoms with van der Waals surface area (Å²) in [6.07, 6.45) is 17.5. The highest BCUT2D eigenvalue weighted by Crippen LogP contribution is 2.32. The van der Waals surface area contributed by atoms with Crippen LogP contribution in [0.2, 0.25) is 0 Å². The molecule has 1 unspecified atom stereocenters. The van der Waals surface area contributed by atoms with Crippen LogP contribution in [-0.4, -0.2) is 5.97 Å². The molecule has 1 atom stereocenters. The number of rotatable bonds is 0. The zero-order valence-electron chi connectivity index (χ0n) is 11.5. The van der Waals surface area contributed by atoms with Crippen molar-refractivity contribution in [2.24, 2.45) is 5.92 Å². The smallest absolute Gasteiger partial charge is 0.321 e. The molecular formula is C16H26O2. The van der Waals surface area contributed by atoms with Gasteiger partial charge in [-0.15, -0.1) is 0 Å². The summed E-state index contributed by atoms with van der Waals surface area (Å²) in [5.41, 5.74) is 0. The summed E-state index contributed by atoms with van der Waals surface area (Å²) in [6.45, 7) is 0. The van der Waals surface area contributed by atoms with Crippen molar-refractivity contribution < 1.29 is 9.53 Å². The molecule has 102 valence electrons. The normalized spacial score (nSPS) is 30.8. The van der Waals surface area contributed by atoms with Gasteiger partial charge in [-0.1, -0.05) is 57.8 Å². The van der Waals surface area contributed by atoms with Crippen molar-refractivity contribution in [2.45, 2.75) is 77.0 Å². The fraction of sp³-hybridized carbons (Fsp3) is 0.812. The monoisotopic (exact) mass is 250 g/mol. The lowest BCUT2D eigenvalue weighted by atomic mass is 9.94. The second-order valence-electron chi connectivity index (χ2n) is 5.69. The van der Waals surface area contributed by atoms with E-state index >= 15 is 0 Å². The molecule has 0 N–H and O–H groups in total. The van der Waals surface area contributed by atoms with Crippen molar-refractivity contribution in [2.75, 3.05) is 0 Å². The Balaban J connectivity index is 1.79. The SMILES string of the molecule is O=C1O/C2=C\CCCCCCCCCCCCC12. The van der Waals surface area contributed by atoms with Crippen molar-refractivity contribution in [1.29, 1.82) is 0 Å². The molecule has 0 aromatic heterocycles. The molecule has 2 heteroatoms. The molecule has 0 aromatic rings. The minimum absolute atomic E-state index is 0.00515. The molecule has 2 rings (SSSR count). The summed E-state index contributed by atoms with van der Waals surface area (Å²) in [7, 11) is 0. The van der Waals surface area contributed by atoms with Gasteiger partial charge in [0, 0.05) is 0 Å². The van der Waals surface area contributed by atoms with Gasteiger partial charge in [-0.25, -0.2) is 0 Å². The minimum Gasteiger partial charge on any atom is -0.430 e. The maximum atomic E-state index is 11.4. The first-order valence-electron chi connectivity index (χ1n) is 7.79. The second-order valence-corrected chi connectivity index (χ2v) is 5.69. The van der Waals surface area contributed by atoms with E-state index in [0.717, 1.165) is 18.6 Å². The molecule has 0 amide bonds. The highest BCUT2D eigenvalue weighted by atomic mass is 16.6. The molecule has 0 bridgehead atoms. The van der Waals surface area contributed by atoms with Crippen molar-refractivity contribution >= 4 is 5.97 Å². The van der Waals surface area contributed by atoms with Gasteiger partial charge in [-0.05, 0) is 25.3 Å². The summed E-state index contributed by atoms with van der Waals surface area (Å²) in [6, 6.07) is 0. The lowest BCUT2D eigenvalue weighted by molar-refractivity contribution is -0.157. The van der Waals surface area contributed by atoms with E-state index in [0.29, 0.717) is 0 Å². The van der Waals surface area contributed by atoms with Crippen molar-refractivity contribution in [3.63, 3.8) is 0 Å². The van der Waals surface area contributed by atoms with Crippen LogP contribution < -0.4 is 0 Å². The first-order valence-corrected chi connectivity index (χ1v) is 7.79. The van der Waals surface area contributed by atoms with Crippen LogP contribution in [0.15, 0.2) is 11.8 Å². The Labute approximate surface area is 111 Å². The molecule has 0 spiro atoms. The number of esters is 1. The molecule has 1 aliphatic carbocycles. The maximum absolute atomic E-state index is 11.4. The third-order valence-electron chi connectivity index (χ3n) is 4.14. The highest BCUT2D eigenvalue weighted by molar-refractivity contribution is 5.82. The standard InChI is InChI=1S/C16H26O2/c17-16-14-12-10-8-6-4-2-1-3-5-7-9-11-13-15(14)18-16/h13-14H,1-12H2/b15-13-. The van der Waals surface area contributed by atoms with E-state index in [2.05, 4.69) is 6.08 Å². The molecule has 0 radical (unpaired) electrons. The van der Waals surface area contributed by atoms with Crippen LogP contribution >= 0.6 is 0 Å². The molecule has 2 nitrogen and oxygen atoms in total. The topological polar surface area (TPSA) is 26.3 Å². The van der Waals surface area contributed by atoms with Crippen LogP contribution in [0.1, 0.15) is 77.0 Å². The first kappa shape index (κ1) is 13.6. The number of fused-ring (bicyclic) bond motifs is 1. The summed E-state index contributed by atoms with van der Waals surface area (Å²) in [4.78, 5) is 11.4. The summed E-state index contributed by atoms with van der Waals surface area (Å²) in [5, 5.41) is 0. The van der Waals surface area contributed by atoms with Gasteiger partial charge in [0.1, 0.15) is 11.7 Å². The summed E-state index contributed by atoms with van der Waals surface area (Å²) < 4.78 is 5.15. The zero-order valence-corrected chi connectivity index (χ0v) is 11.5. The van der Waals surface area contributed by atoms with E-state index in [1.165, 1.54) is 64.2 Å². The Kier molecular flexibility index (Phi) is 5.76. The molecule has 18 heavy (non-hydrogen) atoms. The predicted molar refractivity (Wildman–Crippen MR) is 73.1 cm³/mol. The van der Waals surface area contributed by atoms with Crippen LogP contribution in [0.4, 0.5) is 0 Å². The van der Waals surface area contributed by atoms with Crippen molar-refractivity contribution in [3.8, 4) is 0 Å². The fourth-order valence-electron chi connectivity index (χ4n) is 2.91. The van der Waals surface area contributed by atoms with Crippen LogP contribution in [0.3, 0.4) is 0 Å². The van der Waals surface area contributed by atoms with Gasteiger partial charge in [0.25, 0.3) is 0 Å². The van der Waals surface area contributed by atoms with Gasteiger partial charge >= 0.3 is 5.97 Å². The van der Waals surface area contributed by atoms with Crippen LogP contribution in [0.5, 0.6) is 0 Å². The number of hydrogen-bond donors (Lipinski definition) is 0. The Morgan fingerprint density at radius 2 is 1.39 bits per heavy atom. The van der Waals surface area contributed by atoms with Gasteiger partial charge in [-0.3, -0.25) is 4.79 Å². The lowest BCUT2D eigenvalue weighted by Crippen LogP contribution is -2.32. The average molecular weight is 250 g/mol. The van der Waals surface area contributed by atoms with Gasteiger partial charge < -0.3 is 4.74 Å². The molecule has 1 saturated heterocycles. The fourth-order valence-corrected chi connectivity index (χ4v) is 2.91. The summed E-state index contributed by atoms with van der Waals surface area (Å²) in [5.74, 6) is 1.08. The quantitative estimate of drug-likeness (QED) is 0.580. The minimum atomic E-state index is 0.00515. The largest absolute Gasteiger partial charge is 0.430 e. The van der Waals surface area contributed by atoms with Crippen LogP contribution in [-0.2, 0) is 9.53 Å². The van der Waals surface area contributed by atoms with E-state index in [4.69, 9.17) is 4.74 Å². The molecule has 1 fully saturated rings. The molecular weight excluding hydrogens is 224 g/mol. The van der Waals surface area contributed by atoms with Crippen molar-refractivity contribution in [3.05, 3.63) is 11.8 Å². The van der Waals surface area contributed by atoms with E-state index < -0.39 is 0 Å². The third-order valence-corrected chi connectivity index (χ3v) is 4.14. The van der Waals surface area contributed by atoms with Crippen LogP contribution in [0, 0.1) is 5.92 Å². The lowest BCUT2D eigenvalue weighted by Gasteiger charge is -2.28. The Morgan fingerprint density at radius 3 is 2.00 bits per heavy atom. The molecule has 1 aliphatic heterocycles. The second kappa shape index (κ2) is 7.60. The van der Waals surface area contributed by atoms with E-state index in [1.54, 1.807) is 0 Å². The Bertz CT molecular complexity index is 293. The maximum Gasteiger partial charge on any atom is 0.321 e. The molecule has 1 heterocycles. The van der Waals surface area contributed by atoms with Gasteiger partial charge in [0.05, 0.1) is 0 Å². The third kappa shape index (κ3) is 4.15. The Hall–Kier alpha value is -0.790. The molecule has 2 aliphatic rings. The highest BCUT2D eigenvalue weighted by Gasteiger charge is 2.36. The number of carbonyl (C=O) groups is 1. The van der Waals surface area contributed by atoms with Gasteiger partial charge in [0.15, 0.2) is 0 Å². The van der Waals surface area contributed by atoms with E-state index in [9.17, 15) is 4.79 Å². The van der Waals surface area contributed by atoms with E-state index in [1.807, 2.05) is 0 Å². The summed E-state index contributed by atoms with van der Waals surface area (Å²) >= 11 is 0. The zero-order chi connectivity index (χ0) is 12.6. The van der Waals surface area contributed by atoms with Crippen molar-refractivity contribution in [1.82, 2.24) is 0 Å². The first-order chi connectivity index (χ1) is 8.88. The number of ether oxygens (including phenoxy) is 1. The average Bonchev–Trinajstić information content (AvgIpc) is 2.37. The Morgan fingerprint density at radius 1 is 0.833 bits per heavy atom. The number of hydrogen-bond acceptors (Lipinski definition) is 2. The molecule has 0 saturated carbocycles.